The SMILES string of the molecule is Cc1[nH]nc(CN2CCC(N3CCCCC3)C2)c1Cl. The van der Waals surface area contributed by atoms with Gasteiger partial charge in [0.15, 0.2) is 0 Å². The lowest BCUT2D eigenvalue weighted by Gasteiger charge is -2.32. The van der Waals surface area contributed by atoms with Gasteiger partial charge in [-0.25, -0.2) is 0 Å². The molecule has 0 aliphatic carbocycles. The summed E-state index contributed by atoms with van der Waals surface area (Å²) in [5.41, 5.74) is 1.97. The van der Waals surface area contributed by atoms with Crippen molar-refractivity contribution in [3.05, 3.63) is 16.4 Å². The summed E-state index contributed by atoms with van der Waals surface area (Å²) in [5, 5.41) is 8.08. The molecule has 0 bridgehead atoms. The topological polar surface area (TPSA) is 35.2 Å². The zero-order valence-electron chi connectivity index (χ0n) is 11.7. The van der Waals surface area contributed by atoms with Crippen molar-refractivity contribution < 1.29 is 0 Å². The molecule has 19 heavy (non-hydrogen) atoms. The normalized spacial score (nSPS) is 26.1. The number of aryl methyl sites for hydroxylation is 1. The molecule has 0 aromatic carbocycles. The van der Waals surface area contributed by atoms with Crippen LogP contribution in [0.25, 0.3) is 0 Å². The molecule has 2 aliphatic rings. The van der Waals surface area contributed by atoms with Crippen molar-refractivity contribution >= 4 is 11.6 Å². The molecule has 1 N–H and O–H groups in total. The average Bonchev–Trinajstić information content (AvgIpc) is 3.02. The van der Waals surface area contributed by atoms with Crippen LogP contribution in [0.4, 0.5) is 0 Å². The van der Waals surface area contributed by atoms with Crippen LogP contribution in [0.3, 0.4) is 0 Å². The highest BCUT2D eigenvalue weighted by Crippen LogP contribution is 2.24. The minimum Gasteiger partial charge on any atom is -0.299 e. The van der Waals surface area contributed by atoms with E-state index in [-0.39, 0.29) is 0 Å². The van der Waals surface area contributed by atoms with Gasteiger partial charge >= 0.3 is 0 Å². The summed E-state index contributed by atoms with van der Waals surface area (Å²) in [7, 11) is 0. The van der Waals surface area contributed by atoms with Gasteiger partial charge in [-0.2, -0.15) is 5.10 Å². The van der Waals surface area contributed by atoms with E-state index in [0.717, 1.165) is 29.0 Å². The number of aromatic nitrogens is 2. The van der Waals surface area contributed by atoms with Crippen molar-refractivity contribution in [3.8, 4) is 0 Å². The molecule has 3 heterocycles. The Morgan fingerprint density at radius 3 is 2.74 bits per heavy atom. The number of nitrogens with zero attached hydrogens (tertiary/aromatic N) is 3. The lowest BCUT2D eigenvalue weighted by atomic mass is 10.1. The predicted molar refractivity (Wildman–Crippen MR) is 77.4 cm³/mol. The molecule has 1 unspecified atom stereocenters. The number of halogens is 1. The maximum absolute atomic E-state index is 6.24. The molecule has 2 saturated heterocycles. The number of rotatable bonds is 3. The van der Waals surface area contributed by atoms with Gasteiger partial charge in [0, 0.05) is 25.7 Å². The number of H-pyrrole nitrogens is 1. The summed E-state index contributed by atoms with van der Waals surface area (Å²) >= 11 is 6.24. The van der Waals surface area contributed by atoms with Gasteiger partial charge in [0.2, 0.25) is 0 Å². The Hall–Kier alpha value is -0.580. The maximum atomic E-state index is 6.24. The van der Waals surface area contributed by atoms with Crippen LogP contribution in [0.5, 0.6) is 0 Å². The first-order chi connectivity index (χ1) is 9.24. The predicted octanol–water partition coefficient (Wildman–Crippen LogP) is 2.43. The van der Waals surface area contributed by atoms with Gasteiger partial charge in [-0.15, -0.1) is 0 Å². The van der Waals surface area contributed by atoms with Crippen molar-refractivity contribution in [2.75, 3.05) is 26.2 Å². The Kier molecular flexibility index (Phi) is 4.10. The summed E-state index contributed by atoms with van der Waals surface area (Å²) in [6.45, 7) is 7.78. The first-order valence-corrected chi connectivity index (χ1v) is 7.77. The van der Waals surface area contributed by atoms with Crippen LogP contribution in [-0.2, 0) is 6.54 Å². The molecule has 0 radical (unpaired) electrons. The van der Waals surface area contributed by atoms with E-state index in [2.05, 4.69) is 20.0 Å². The summed E-state index contributed by atoms with van der Waals surface area (Å²) in [4.78, 5) is 5.17. The second kappa shape index (κ2) is 5.81. The van der Waals surface area contributed by atoms with Gasteiger partial charge in [0.05, 0.1) is 16.4 Å². The lowest BCUT2D eigenvalue weighted by molar-refractivity contribution is 0.161. The second-order valence-corrected chi connectivity index (χ2v) is 6.26. The number of piperidine rings is 1. The highest BCUT2D eigenvalue weighted by molar-refractivity contribution is 6.31. The third kappa shape index (κ3) is 2.96. The highest BCUT2D eigenvalue weighted by Gasteiger charge is 2.29. The molecular weight excluding hydrogens is 260 g/mol. The Bertz CT molecular complexity index is 425. The number of hydrogen-bond donors (Lipinski definition) is 1. The molecule has 2 aliphatic heterocycles. The van der Waals surface area contributed by atoms with E-state index in [9.17, 15) is 0 Å². The fraction of sp³-hybridized carbons (Fsp3) is 0.786. The summed E-state index contributed by atoms with van der Waals surface area (Å²) < 4.78 is 0. The fourth-order valence-electron chi connectivity index (χ4n) is 3.32. The number of nitrogens with one attached hydrogen (secondary N) is 1. The quantitative estimate of drug-likeness (QED) is 0.925. The van der Waals surface area contributed by atoms with Gasteiger partial charge < -0.3 is 0 Å². The molecule has 0 saturated carbocycles. The van der Waals surface area contributed by atoms with Crippen molar-refractivity contribution in [1.82, 2.24) is 20.0 Å². The molecule has 4 nitrogen and oxygen atoms in total. The number of hydrogen-bond acceptors (Lipinski definition) is 3. The van der Waals surface area contributed by atoms with Crippen LogP contribution < -0.4 is 0 Å². The van der Waals surface area contributed by atoms with Crippen LogP contribution in [-0.4, -0.2) is 52.2 Å². The first kappa shape index (κ1) is 13.4. The summed E-state index contributed by atoms with van der Waals surface area (Å²) in [5.74, 6) is 0. The molecule has 0 spiro atoms. The Morgan fingerprint density at radius 1 is 1.26 bits per heavy atom. The number of likely N-dealkylation sites (tertiary alicyclic amines) is 2. The molecular formula is C14H23ClN4. The molecule has 0 amide bonds. The maximum Gasteiger partial charge on any atom is 0.0951 e. The summed E-state index contributed by atoms with van der Waals surface area (Å²) in [6, 6.07) is 0.749. The van der Waals surface area contributed by atoms with E-state index in [1.165, 1.54) is 51.9 Å². The van der Waals surface area contributed by atoms with Gasteiger partial charge in [-0.1, -0.05) is 18.0 Å². The monoisotopic (exact) mass is 282 g/mol. The number of aromatic amines is 1. The molecule has 1 aromatic rings. The largest absolute Gasteiger partial charge is 0.299 e. The minimum atomic E-state index is 0.749. The zero-order valence-corrected chi connectivity index (χ0v) is 12.4. The Balaban J connectivity index is 1.55. The first-order valence-electron chi connectivity index (χ1n) is 7.40. The minimum absolute atomic E-state index is 0.749. The van der Waals surface area contributed by atoms with Crippen LogP contribution in [0.2, 0.25) is 5.02 Å². The zero-order chi connectivity index (χ0) is 13.2. The van der Waals surface area contributed by atoms with E-state index in [1.807, 2.05) is 6.92 Å². The van der Waals surface area contributed by atoms with Crippen LogP contribution >= 0.6 is 11.6 Å². The molecule has 1 atom stereocenters. The molecule has 3 rings (SSSR count). The van der Waals surface area contributed by atoms with Gasteiger partial charge in [0.1, 0.15) is 0 Å². The fourth-order valence-corrected chi connectivity index (χ4v) is 3.46. The second-order valence-electron chi connectivity index (χ2n) is 5.88. The third-order valence-electron chi connectivity index (χ3n) is 4.47. The van der Waals surface area contributed by atoms with Crippen molar-refractivity contribution in [2.24, 2.45) is 0 Å². The third-order valence-corrected chi connectivity index (χ3v) is 4.97. The van der Waals surface area contributed by atoms with Crippen molar-refractivity contribution in [1.29, 1.82) is 0 Å². The van der Waals surface area contributed by atoms with E-state index in [1.54, 1.807) is 0 Å². The Morgan fingerprint density at radius 2 is 2.05 bits per heavy atom. The van der Waals surface area contributed by atoms with Crippen molar-refractivity contribution in [2.45, 2.75) is 45.2 Å². The molecule has 1 aromatic heterocycles. The summed E-state index contributed by atoms with van der Waals surface area (Å²) in [6.07, 6.45) is 5.46. The molecule has 5 heteroatoms. The Labute approximate surface area is 120 Å². The van der Waals surface area contributed by atoms with Crippen LogP contribution in [0.1, 0.15) is 37.1 Å². The lowest BCUT2D eigenvalue weighted by Crippen LogP contribution is -2.40. The highest BCUT2D eigenvalue weighted by atomic mass is 35.5. The smallest absolute Gasteiger partial charge is 0.0951 e. The van der Waals surface area contributed by atoms with Crippen molar-refractivity contribution in [3.63, 3.8) is 0 Å². The van der Waals surface area contributed by atoms with Crippen LogP contribution in [0, 0.1) is 6.92 Å². The van der Waals surface area contributed by atoms with E-state index < -0.39 is 0 Å². The molecule has 106 valence electrons. The van der Waals surface area contributed by atoms with Gasteiger partial charge in [-0.05, 0) is 39.3 Å². The average molecular weight is 283 g/mol. The van der Waals surface area contributed by atoms with E-state index in [0.29, 0.717) is 0 Å². The molecule has 2 fully saturated rings. The van der Waals surface area contributed by atoms with E-state index >= 15 is 0 Å². The van der Waals surface area contributed by atoms with Gasteiger partial charge in [0.25, 0.3) is 0 Å². The van der Waals surface area contributed by atoms with Crippen LogP contribution in [0.15, 0.2) is 0 Å². The standard InChI is InChI=1S/C14H23ClN4/c1-11-14(15)13(17-16-11)10-18-8-5-12(9-18)19-6-3-2-4-7-19/h12H,2-10H2,1H3,(H,16,17). The van der Waals surface area contributed by atoms with E-state index in [4.69, 9.17) is 11.6 Å². The van der Waals surface area contributed by atoms with Gasteiger partial charge in [-0.3, -0.25) is 14.9 Å².